The maximum atomic E-state index is 5.90. The Morgan fingerprint density at radius 1 is 0.800 bits per heavy atom. The number of rotatable bonds is 4. The van der Waals surface area contributed by atoms with Crippen LogP contribution in [-0.4, -0.2) is 23.0 Å². The second-order valence-corrected chi connectivity index (χ2v) is 16.1. The summed E-state index contributed by atoms with van der Waals surface area (Å²) in [6.07, 6.45) is 5.63. The number of fused-ring (bicyclic) bond motifs is 3. The summed E-state index contributed by atoms with van der Waals surface area (Å²) in [4.78, 5) is 13.4. The van der Waals surface area contributed by atoms with Crippen LogP contribution in [0.3, 0.4) is 0 Å². The minimum absolute atomic E-state index is 0. The third kappa shape index (κ3) is 6.31. The molecule has 0 bridgehead atoms. The van der Waals surface area contributed by atoms with Gasteiger partial charge in [-0.05, 0) is 47.6 Å². The molecule has 0 fully saturated rings. The molecule has 0 saturated heterocycles. The molecule has 0 N–H and O–H groups in total. The number of aryl methyl sites for hydroxylation is 1. The van der Waals surface area contributed by atoms with Crippen LogP contribution in [0.25, 0.3) is 44.6 Å². The summed E-state index contributed by atoms with van der Waals surface area (Å²) in [5, 5.41) is 3.54. The van der Waals surface area contributed by atoms with E-state index in [4.69, 9.17) is 4.42 Å². The molecule has 40 heavy (non-hydrogen) atoms. The van der Waals surface area contributed by atoms with Crippen molar-refractivity contribution < 1.29 is 24.5 Å². The normalized spacial score (nSPS) is 11.3. The zero-order valence-corrected chi connectivity index (χ0v) is 27.1. The van der Waals surface area contributed by atoms with Crippen LogP contribution >= 0.6 is 0 Å². The van der Waals surface area contributed by atoms with Crippen LogP contribution < -0.4 is 5.19 Å². The van der Waals surface area contributed by atoms with Crippen LogP contribution in [0.5, 0.6) is 0 Å². The van der Waals surface area contributed by atoms with Crippen molar-refractivity contribution in [1.29, 1.82) is 0 Å². The molecule has 0 aliphatic heterocycles. The largest absolute Gasteiger partial charge is 0.486 e. The minimum Gasteiger partial charge on any atom is -0.486 e. The number of aromatic nitrogens is 3. The minimum atomic E-state index is -1.34. The zero-order valence-electron chi connectivity index (χ0n) is 23.7. The van der Waals surface area contributed by atoms with Crippen molar-refractivity contribution in [2.24, 2.45) is 0 Å². The molecule has 0 unspecified atom stereocenters. The van der Waals surface area contributed by atoms with Gasteiger partial charge in [-0.15, -0.1) is 54.1 Å². The van der Waals surface area contributed by atoms with E-state index in [1.807, 2.05) is 61.5 Å². The topological polar surface area (TPSA) is 51.8 Å². The Balaban J connectivity index is 0.000000181. The summed E-state index contributed by atoms with van der Waals surface area (Å²) < 4.78 is 5.90. The van der Waals surface area contributed by atoms with Gasteiger partial charge in [-0.1, -0.05) is 67.7 Å². The molecular formula is C34H33IrN3OSi-2. The summed E-state index contributed by atoms with van der Waals surface area (Å²) in [5.74, 6) is 0.534. The first-order chi connectivity index (χ1) is 18.7. The van der Waals surface area contributed by atoms with Crippen molar-refractivity contribution in [1.82, 2.24) is 15.0 Å². The fourth-order valence-corrected chi connectivity index (χ4v) is 6.39. The van der Waals surface area contributed by atoms with E-state index in [-0.39, 0.29) is 20.1 Å². The Kier molecular flexibility index (Phi) is 9.14. The van der Waals surface area contributed by atoms with Gasteiger partial charge in [0.05, 0.1) is 13.7 Å². The van der Waals surface area contributed by atoms with Crippen molar-refractivity contribution in [3.63, 3.8) is 0 Å². The van der Waals surface area contributed by atoms with E-state index >= 15 is 0 Å². The Labute approximate surface area is 251 Å². The van der Waals surface area contributed by atoms with E-state index in [0.717, 1.165) is 44.4 Å². The Morgan fingerprint density at radius 3 is 2.33 bits per heavy atom. The maximum absolute atomic E-state index is 5.90. The third-order valence-corrected chi connectivity index (χ3v) is 8.77. The van der Waals surface area contributed by atoms with E-state index in [2.05, 4.69) is 78.9 Å². The van der Waals surface area contributed by atoms with E-state index in [1.165, 1.54) is 10.8 Å². The van der Waals surface area contributed by atoms with Gasteiger partial charge in [0, 0.05) is 44.1 Å². The van der Waals surface area contributed by atoms with Crippen molar-refractivity contribution in [2.75, 3.05) is 0 Å². The Morgan fingerprint density at radius 2 is 1.62 bits per heavy atom. The molecule has 6 heteroatoms. The first-order valence-corrected chi connectivity index (χ1v) is 16.8. The van der Waals surface area contributed by atoms with Gasteiger partial charge in [-0.25, -0.2) is 4.98 Å². The van der Waals surface area contributed by atoms with Crippen LogP contribution in [0.2, 0.25) is 19.6 Å². The number of benzene rings is 2. The Hall–Kier alpha value is -3.44. The molecule has 4 heterocycles. The van der Waals surface area contributed by atoms with Crippen LogP contribution in [0, 0.1) is 19.1 Å². The van der Waals surface area contributed by atoms with E-state index in [0.29, 0.717) is 11.6 Å². The number of nitrogens with zero attached hydrogens (tertiary/aromatic N) is 3. The van der Waals surface area contributed by atoms with Gasteiger partial charge in [0.2, 0.25) is 5.71 Å². The van der Waals surface area contributed by atoms with E-state index in [9.17, 15) is 0 Å². The average molecular weight is 720 g/mol. The second-order valence-electron chi connectivity index (χ2n) is 11.1. The molecule has 0 spiro atoms. The van der Waals surface area contributed by atoms with Crippen LogP contribution in [-0.2, 0) is 20.1 Å². The molecule has 1 radical (unpaired) electrons. The second kappa shape index (κ2) is 12.4. The molecule has 6 aromatic rings. The van der Waals surface area contributed by atoms with Gasteiger partial charge in [-0.3, -0.25) is 0 Å². The standard InChI is InChI=1S/C17H11N2O.C17H22NSi.Ir/c1-11-7-9-18-15(10-11)14-5-2-4-12-13-6-3-8-19-17(13)20-16(12)14;1-13(2)15-11-16(14-9-7-6-8-10-14)18-12-17(15)19(3,4)5;/h2-4,6-10H,1H3;6-9,11-13H,1-5H3;/q2*-1;. The van der Waals surface area contributed by atoms with Gasteiger partial charge < -0.3 is 14.4 Å². The van der Waals surface area contributed by atoms with Gasteiger partial charge in [0.1, 0.15) is 0 Å². The van der Waals surface area contributed by atoms with Crippen LogP contribution in [0.15, 0.2) is 89.7 Å². The van der Waals surface area contributed by atoms with Crippen LogP contribution in [0.4, 0.5) is 0 Å². The molecule has 0 saturated carbocycles. The van der Waals surface area contributed by atoms with Gasteiger partial charge in [0.15, 0.2) is 0 Å². The molecule has 6 rings (SSSR count). The number of hydrogen-bond acceptors (Lipinski definition) is 4. The van der Waals surface area contributed by atoms with Gasteiger partial charge >= 0.3 is 0 Å². The van der Waals surface area contributed by atoms with E-state index < -0.39 is 8.07 Å². The Bertz CT molecular complexity index is 1740. The monoisotopic (exact) mass is 720 g/mol. The smallest absolute Gasteiger partial charge is 0.216 e. The first kappa shape index (κ1) is 29.5. The molecule has 0 aliphatic carbocycles. The molecule has 4 aromatic heterocycles. The fourth-order valence-electron chi connectivity index (χ4n) is 4.71. The average Bonchev–Trinajstić information content (AvgIpc) is 3.32. The maximum Gasteiger partial charge on any atom is 0.216 e. The van der Waals surface area contributed by atoms with E-state index in [1.54, 1.807) is 12.4 Å². The van der Waals surface area contributed by atoms with Gasteiger partial charge in [0.25, 0.3) is 0 Å². The SMILES string of the molecule is CC(C)c1cc(-c2[c-]cccc2)ncc1[Si](C)(C)C.Cc1ccnc(-c2[c-]ccc3c2oc2ncccc23)c1.[Ir]. The summed E-state index contributed by atoms with van der Waals surface area (Å²) in [6, 6.07) is 28.6. The molecule has 0 aliphatic rings. The molecule has 205 valence electrons. The number of furan rings is 1. The van der Waals surface area contributed by atoms with Crippen LogP contribution in [0.1, 0.15) is 30.9 Å². The predicted molar refractivity (Wildman–Crippen MR) is 164 cm³/mol. The first-order valence-electron chi connectivity index (χ1n) is 13.3. The molecule has 4 nitrogen and oxygen atoms in total. The van der Waals surface area contributed by atoms with Gasteiger partial charge in [-0.2, -0.15) is 0 Å². The number of pyridine rings is 3. The van der Waals surface area contributed by atoms with Crippen molar-refractivity contribution >= 4 is 35.3 Å². The zero-order chi connectivity index (χ0) is 27.6. The molecular weight excluding hydrogens is 687 g/mol. The predicted octanol–water partition coefficient (Wildman–Crippen LogP) is 8.37. The third-order valence-electron chi connectivity index (χ3n) is 6.73. The molecule has 0 atom stereocenters. The quantitative estimate of drug-likeness (QED) is 0.136. The molecule has 0 amide bonds. The van der Waals surface area contributed by atoms with Crippen molar-refractivity contribution in [3.8, 4) is 22.5 Å². The summed E-state index contributed by atoms with van der Waals surface area (Å²) in [7, 11) is -1.34. The van der Waals surface area contributed by atoms with Crippen molar-refractivity contribution in [2.45, 2.75) is 46.3 Å². The fraction of sp³-hybridized carbons (Fsp3) is 0.206. The summed E-state index contributed by atoms with van der Waals surface area (Å²) in [6.45, 7) is 13.7. The summed E-state index contributed by atoms with van der Waals surface area (Å²) in [5.41, 5.74) is 7.91. The van der Waals surface area contributed by atoms with Crippen molar-refractivity contribution in [3.05, 3.63) is 109 Å². The molecule has 2 aromatic carbocycles. The number of hydrogen-bond donors (Lipinski definition) is 0. The summed E-state index contributed by atoms with van der Waals surface area (Å²) >= 11 is 0.